The molecule has 1 aliphatic heterocycles. The molecular formula is C17H24N2O. The van der Waals surface area contributed by atoms with Crippen molar-refractivity contribution in [2.45, 2.75) is 38.3 Å². The highest BCUT2D eigenvalue weighted by Crippen LogP contribution is 2.20. The fraction of sp³-hybridized carbons (Fsp3) is 0.529. The summed E-state index contributed by atoms with van der Waals surface area (Å²) in [6.45, 7) is 2.93. The number of ether oxygens (including phenoxy) is 1. The lowest BCUT2D eigenvalue weighted by atomic mass is 10.1. The molecule has 0 radical (unpaired) electrons. The Morgan fingerprint density at radius 1 is 1.30 bits per heavy atom. The van der Waals surface area contributed by atoms with Crippen LogP contribution in [0.3, 0.4) is 0 Å². The number of nitrogens with zero attached hydrogens (tertiary/aromatic N) is 1. The molecule has 0 amide bonds. The van der Waals surface area contributed by atoms with E-state index >= 15 is 0 Å². The number of benzene rings is 1. The van der Waals surface area contributed by atoms with Gasteiger partial charge in [-0.25, -0.2) is 0 Å². The fourth-order valence-electron chi connectivity index (χ4n) is 3.09. The zero-order valence-electron chi connectivity index (χ0n) is 12.3. The van der Waals surface area contributed by atoms with Gasteiger partial charge in [-0.15, -0.1) is 0 Å². The van der Waals surface area contributed by atoms with Crippen molar-refractivity contribution in [2.24, 2.45) is 7.05 Å². The smallest absolute Gasteiger partial charge is 0.0587 e. The summed E-state index contributed by atoms with van der Waals surface area (Å²) >= 11 is 0. The zero-order valence-corrected chi connectivity index (χ0v) is 12.3. The van der Waals surface area contributed by atoms with E-state index in [1.807, 2.05) is 0 Å². The molecule has 20 heavy (non-hydrogen) atoms. The van der Waals surface area contributed by atoms with Crippen molar-refractivity contribution in [1.29, 1.82) is 0 Å². The molecule has 0 bridgehead atoms. The van der Waals surface area contributed by atoms with Gasteiger partial charge in [-0.1, -0.05) is 18.2 Å². The monoisotopic (exact) mass is 272 g/mol. The Morgan fingerprint density at radius 3 is 3.05 bits per heavy atom. The fourth-order valence-corrected chi connectivity index (χ4v) is 3.09. The number of hydrogen-bond acceptors (Lipinski definition) is 2. The van der Waals surface area contributed by atoms with Gasteiger partial charge < -0.3 is 14.6 Å². The quantitative estimate of drug-likeness (QED) is 0.846. The lowest BCUT2D eigenvalue weighted by molar-refractivity contribution is 0.0115. The molecule has 3 heteroatoms. The van der Waals surface area contributed by atoms with Gasteiger partial charge in [0.15, 0.2) is 0 Å². The molecule has 108 valence electrons. The van der Waals surface area contributed by atoms with Crippen LogP contribution >= 0.6 is 0 Å². The standard InChI is InChI=1S/C17H24N2O/c1-19-13-14(16-7-2-3-8-17(16)19)12-18-10-9-15-6-4-5-11-20-15/h2-3,7-8,13,15,18H,4-6,9-12H2,1H3. The third kappa shape index (κ3) is 3.05. The first-order valence-electron chi connectivity index (χ1n) is 7.70. The Balaban J connectivity index is 1.52. The van der Waals surface area contributed by atoms with Gasteiger partial charge in [-0.2, -0.15) is 0 Å². The van der Waals surface area contributed by atoms with Crippen LogP contribution in [0.4, 0.5) is 0 Å². The average molecular weight is 272 g/mol. The van der Waals surface area contributed by atoms with Crippen LogP contribution < -0.4 is 5.32 Å². The van der Waals surface area contributed by atoms with Gasteiger partial charge in [0.2, 0.25) is 0 Å². The number of nitrogens with one attached hydrogen (secondary N) is 1. The molecule has 1 N–H and O–H groups in total. The van der Waals surface area contributed by atoms with Gasteiger partial charge >= 0.3 is 0 Å². The van der Waals surface area contributed by atoms with Gasteiger partial charge in [0.1, 0.15) is 0 Å². The van der Waals surface area contributed by atoms with E-state index in [1.54, 1.807) is 0 Å². The number of para-hydroxylation sites is 1. The second-order valence-corrected chi connectivity index (χ2v) is 5.74. The van der Waals surface area contributed by atoms with Crippen molar-refractivity contribution >= 4 is 10.9 Å². The van der Waals surface area contributed by atoms with Gasteiger partial charge in [0.05, 0.1) is 6.10 Å². The van der Waals surface area contributed by atoms with Crippen LogP contribution in [-0.2, 0) is 18.3 Å². The minimum atomic E-state index is 0.476. The molecule has 1 saturated heterocycles. The Labute approximate surface area is 120 Å². The van der Waals surface area contributed by atoms with Crippen LogP contribution in [0.15, 0.2) is 30.5 Å². The number of aromatic nitrogens is 1. The highest BCUT2D eigenvalue weighted by atomic mass is 16.5. The van der Waals surface area contributed by atoms with E-state index in [0.29, 0.717) is 6.10 Å². The average Bonchev–Trinajstić information content (AvgIpc) is 2.82. The number of hydrogen-bond donors (Lipinski definition) is 1. The molecule has 1 atom stereocenters. The van der Waals surface area contributed by atoms with Crippen molar-refractivity contribution in [2.75, 3.05) is 13.2 Å². The third-order valence-corrected chi connectivity index (χ3v) is 4.21. The van der Waals surface area contributed by atoms with E-state index < -0.39 is 0 Å². The predicted octanol–water partition coefficient (Wildman–Crippen LogP) is 3.23. The number of aryl methyl sites for hydroxylation is 1. The van der Waals surface area contributed by atoms with Crippen LogP contribution in [0.1, 0.15) is 31.2 Å². The van der Waals surface area contributed by atoms with E-state index in [4.69, 9.17) is 4.74 Å². The van der Waals surface area contributed by atoms with E-state index in [2.05, 4.69) is 47.4 Å². The summed E-state index contributed by atoms with van der Waals surface area (Å²) in [4.78, 5) is 0. The largest absolute Gasteiger partial charge is 0.378 e. The Morgan fingerprint density at radius 2 is 2.20 bits per heavy atom. The predicted molar refractivity (Wildman–Crippen MR) is 82.8 cm³/mol. The Hall–Kier alpha value is -1.32. The zero-order chi connectivity index (χ0) is 13.8. The van der Waals surface area contributed by atoms with E-state index in [-0.39, 0.29) is 0 Å². The van der Waals surface area contributed by atoms with Gasteiger partial charge in [-0.05, 0) is 43.9 Å². The molecule has 0 saturated carbocycles. The third-order valence-electron chi connectivity index (χ3n) is 4.21. The Kier molecular flexibility index (Phi) is 4.38. The maximum absolute atomic E-state index is 5.76. The van der Waals surface area contributed by atoms with E-state index in [1.165, 1.54) is 35.7 Å². The topological polar surface area (TPSA) is 26.2 Å². The highest BCUT2D eigenvalue weighted by molar-refractivity contribution is 5.83. The minimum Gasteiger partial charge on any atom is -0.378 e. The van der Waals surface area contributed by atoms with Crippen LogP contribution in [0, 0.1) is 0 Å². The van der Waals surface area contributed by atoms with Crippen molar-refractivity contribution in [3.8, 4) is 0 Å². The molecule has 2 heterocycles. The second-order valence-electron chi connectivity index (χ2n) is 5.74. The maximum atomic E-state index is 5.76. The maximum Gasteiger partial charge on any atom is 0.0587 e. The normalized spacial score (nSPS) is 19.6. The second kappa shape index (κ2) is 6.42. The molecule has 2 aromatic rings. The van der Waals surface area contributed by atoms with E-state index in [0.717, 1.165) is 26.1 Å². The number of rotatable bonds is 5. The number of fused-ring (bicyclic) bond motifs is 1. The highest BCUT2D eigenvalue weighted by Gasteiger charge is 2.13. The summed E-state index contributed by atoms with van der Waals surface area (Å²) in [7, 11) is 2.11. The molecule has 1 aliphatic rings. The first kappa shape index (κ1) is 13.7. The summed E-state index contributed by atoms with van der Waals surface area (Å²) in [5.41, 5.74) is 2.69. The first-order valence-corrected chi connectivity index (χ1v) is 7.70. The molecule has 1 aromatic carbocycles. The van der Waals surface area contributed by atoms with Crippen molar-refractivity contribution in [1.82, 2.24) is 9.88 Å². The van der Waals surface area contributed by atoms with Crippen molar-refractivity contribution in [3.05, 3.63) is 36.0 Å². The summed E-state index contributed by atoms with van der Waals surface area (Å²) in [6.07, 6.45) is 7.63. The van der Waals surface area contributed by atoms with Gasteiger partial charge in [0.25, 0.3) is 0 Å². The first-order chi connectivity index (χ1) is 9.84. The lowest BCUT2D eigenvalue weighted by Gasteiger charge is -2.22. The molecule has 3 nitrogen and oxygen atoms in total. The summed E-state index contributed by atoms with van der Waals surface area (Å²) in [6, 6.07) is 8.59. The van der Waals surface area contributed by atoms with Gasteiger partial charge in [0, 0.05) is 37.3 Å². The summed E-state index contributed by atoms with van der Waals surface area (Å²) in [5.74, 6) is 0. The van der Waals surface area contributed by atoms with Gasteiger partial charge in [-0.3, -0.25) is 0 Å². The molecule has 1 unspecified atom stereocenters. The van der Waals surface area contributed by atoms with Crippen LogP contribution in [0.2, 0.25) is 0 Å². The molecule has 0 aliphatic carbocycles. The summed E-state index contributed by atoms with van der Waals surface area (Å²) < 4.78 is 7.97. The Bertz CT molecular complexity index is 555. The van der Waals surface area contributed by atoms with E-state index in [9.17, 15) is 0 Å². The molecule has 1 aromatic heterocycles. The SMILES string of the molecule is Cn1cc(CNCCC2CCCCO2)c2ccccc21. The van der Waals surface area contributed by atoms with Crippen LogP contribution in [-0.4, -0.2) is 23.8 Å². The molecule has 1 fully saturated rings. The molecule has 3 rings (SSSR count). The molecular weight excluding hydrogens is 248 g/mol. The summed E-state index contributed by atoms with van der Waals surface area (Å²) in [5, 5.41) is 4.92. The van der Waals surface area contributed by atoms with Crippen LogP contribution in [0.5, 0.6) is 0 Å². The minimum absolute atomic E-state index is 0.476. The lowest BCUT2D eigenvalue weighted by Crippen LogP contribution is -2.25. The van der Waals surface area contributed by atoms with Crippen molar-refractivity contribution < 1.29 is 4.74 Å². The molecule has 0 spiro atoms. The van der Waals surface area contributed by atoms with Crippen LogP contribution in [0.25, 0.3) is 10.9 Å². The van der Waals surface area contributed by atoms with Crippen molar-refractivity contribution in [3.63, 3.8) is 0 Å².